The topological polar surface area (TPSA) is 76.7 Å². The van der Waals surface area contributed by atoms with E-state index in [1.165, 1.54) is 18.2 Å². The van der Waals surface area contributed by atoms with Crippen molar-refractivity contribution in [2.24, 2.45) is 0 Å². The minimum Gasteiger partial charge on any atom is -0.410 e. The minimum atomic E-state index is -0.682. The van der Waals surface area contributed by atoms with Gasteiger partial charge in [-0.05, 0) is 36.4 Å². The van der Waals surface area contributed by atoms with Crippen LogP contribution in [-0.2, 0) is 0 Å². The molecule has 0 fully saturated rings. The van der Waals surface area contributed by atoms with Crippen molar-refractivity contribution >= 4 is 35.2 Å². The zero-order valence-electron chi connectivity index (χ0n) is 14.0. The molecule has 0 saturated carbocycles. The third-order valence-electron chi connectivity index (χ3n) is 3.36. The molecule has 0 aromatic heterocycles. The average molecular weight is 383 g/mol. The third-order valence-corrected chi connectivity index (χ3v) is 3.65. The summed E-state index contributed by atoms with van der Waals surface area (Å²) >= 11 is 6.10. The molecule has 0 bridgehead atoms. The van der Waals surface area contributed by atoms with E-state index in [2.05, 4.69) is 10.6 Å². The van der Waals surface area contributed by atoms with Gasteiger partial charge in [-0.2, -0.15) is 0 Å². The van der Waals surface area contributed by atoms with Gasteiger partial charge in [0.2, 0.25) is 0 Å². The van der Waals surface area contributed by atoms with Crippen LogP contribution in [0.5, 0.6) is 11.5 Å². The summed E-state index contributed by atoms with van der Waals surface area (Å²) in [5.41, 5.74) is 1.20. The van der Waals surface area contributed by atoms with Crippen molar-refractivity contribution in [1.29, 1.82) is 0 Å². The molecule has 0 atom stereocenters. The highest BCUT2D eigenvalue weighted by atomic mass is 35.5. The first-order chi connectivity index (χ1) is 13.1. The van der Waals surface area contributed by atoms with Gasteiger partial charge >= 0.3 is 12.2 Å². The van der Waals surface area contributed by atoms with Gasteiger partial charge in [-0.15, -0.1) is 0 Å². The Hall–Kier alpha value is -3.51. The van der Waals surface area contributed by atoms with Gasteiger partial charge in [-0.1, -0.05) is 48.0 Å². The lowest BCUT2D eigenvalue weighted by atomic mass is 10.3. The molecular weight excluding hydrogens is 368 g/mol. The van der Waals surface area contributed by atoms with Crippen LogP contribution in [0.2, 0.25) is 5.02 Å². The molecule has 0 aliphatic carbocycles. The zero-order valence-corrected chi connectivity index (χ0v) is 14.8. The molecule has 2 N–H and O–H groups in total. The Bertz CT molecular complexity index is 933. The van der Waals surface area contributed by atoms with Crippen LogP contribution >= 0.6 is 11.6 Å². The van der Waals surface area contributed by atoms with Crippen LogP contribution in [0.15, 0.2) is 78.9 Å². The van der Waals surface area contributed by atoms with Crippen molar-refractivity contribution < 1.29 is 19.1 Å². The Morgan fingerprint density at radius 2 is 1.22 bits per heavy atom. The third kappa shape index (κ3) is 5.49. The van der Waals surface area contributed by atoms with Crippen LogP contribution in [0.4, 0.5) is 21.0 Å². The first-order valence-electron chi connectivity index (χ1n) is 7.97. The molecule has 3 rings (SSSR count). The molecule has 0 saturated heterocycles. The first-order valence-corrected chi connectivity index (χ1v) is 8.35. The van der Waals surface area contributed by atoms with Gasteiger partial charge in [-0.25, -0.2) is 9.59 Å². The lowest BCUT2D eigenvalue weighted by molar-refractivity contribution is 0.213. The van der Waals surface area contributed by atoms with Crippen LogP contribution in [-0.4, -0.2) is 12.2 Å². The number of carbonyl (C=O) groups is 2. The van der Waals surface area contributed by atoms with E-state index in [-0.39, 0.29) is 16.5 Å². The Labute approximate surface area is 160 Å². The fourth-order valence-corrected chi connectivity index (χ4v) is 2.37. The monoisotopic (exact) mass is 382 g/mol. The average Bonchev–Trinajstić information content (AvgIpc) is 2.65. The quantitative estimate of drug-likeness (QED) is 0.619. The number of hydrogen-bond acceptors (Lipinski definition) is 4. The number of carbonyl (C=O) groups excluding carboxylic acids is 2. The molecule has 0 unspecified atom stereocenters. The molecule has 0 heterocycles. The van der Waals surface area contributed by atoms with Crippen LogP contribution < -0.4 is 20.1 Å². The van der Waals surface area contributed by atoms with Crippen molar-refractivity contribution in [3.8, 4) is 11.5 Å². The van der Waals surface area contributed by atoms with E-state index in [9.17, 15) is 9.59 Å². The highest BCUT2D eigenvalue weighted by Gasteiger charge is 2.12. The highest BCUT2D eigenvalue weighted by Crippen LogP contribution is 2.29. The van der Waals surface area contributed by atoms with E-state index >= 15 is 0 Å². The number of rotatable bonds is 4. The number of amides is 2. The first kappa shape index (κ1) is 18.3. The van der Waals surface area contributed by atoms with Crippen molar-refractivity contribution in [3.05, 3.63) is 83.9 Å². The van der Waals surface area contributed by atoms with Gasteiger partial charge in [0.25, 0.3) is 0 Å². The molecule has 0 radical (unpaired) electrons. The van der Waals surface area contributed by atoms with Crippen LogP contribution in [0.3, 0.4) is 0 Å². The summed E-state index contributed by atoms with van der Waals surface area (Å²) in [6.45, 7) is 0. The molecule has 7 heteroatoms. The highest BCUT2D eigenvalue weighted by molar-refractivity contribution is 6.32. The minimum absolute atomic E-state index is 0.128. The Morgan fingerprint density at radius 3 is 1.74 bits per heavy atom. The van der Waals surface area contributed by atoms with E-state index in [0.29, 0.717) is 11.4 Å². The fraction of sp³-hybridized carbons (Fsp3) is 0. The lowest BCUT2D eigenvalue weighted by Gasteiger charge is -2.10. The van der Waals surface area contributed by atoms with Crippen LogP contribution in [0.1, 0.15) is 0 Å². The zero-order chi connectivity index (χ0) is 19.1. The summed E-state index contributed by atoms with van der Waals surface area (Å²) < 4.78 is 10.3. The number of ether oxygens (including phenoxy) is 2. The molecule has 136 valence electrons. The number of hydrogen-bond donors (Lipinski definition) is 2. The van der Waals surface area contributed by atoms with Gasteiger partial charge in [0.15, 0.2) is 5.75 Å². The second-order valence-corrected chi connectivity index (χ2v) is 5.76. The summed E-state index contributed by atoms with van der Waals surface area (Å²) in [6.07, 6.45) is -1.34. The maximum absolute atomic E-state index is 11.9. The maximum atomic E-state index is 11.9. The number of anilines is 2. The molecule has 0 aliphatic heterocycles. The Balaban J connectivity index is 1.58. The second-order valence-electron chi connectivity index (χ2n) is 5.35. The molecule has 6 nitrogen and oxygen atoms in total. The number of benzene rings is 3. The normalized spacial score (nSPS) is 9.96. The molecule has 3 aromatic carbocycles. The van der Waals surface area contributed by atoms with Gasteiger partial charge in [0, 0.05) is 17.4 Å². The summed E-state index contributed by atoms with van der Waals surface area (Å²) in [7, 11) is 0. The van der Waals surface area contributed by atoms with Crippen molar-refractivity contribution in [2.45, 2.75) is 0 Å². The van der Waals surface area contributed by atoms with E-state index in [4.69, 9.17) is 21.1 Å². The van der Waals surface area contributed by atoms with Crippen molar-refractivity contribution in [1.82, 2.24) is 0 Å². The van der Waals surface area contributed by atoms with Crippen LogP contribution in [0.25, 0.3) is 0 Å². The molecule has 3 aromatic rings. The predicted octanol–water partition coefficient (Wildman–Crippen LogP) is 5.56. The van der Waals surface area contributed by atoms with Gasteiger partial charge < -0.3 is 9.47 Å². The SMILES string of the molecule is O=C(Nc1ccccc1)Oc1ccc(OC(=O)Nc2ccccc2)c(Cl)c1. The fourth-order valence-electron chi connectivity index (χ4n) is 2.16. The number of nitrogens with one attached hydrogen (secondary N) is 2. The van der Waals surface area contributed by atoms with Gasteiger partial charge in [-0.3, -0.25) is 10.6 Å². The largest absolute Gasteiger partial charge is 0.417 e. The van der Waals surface area contributed by atoms with Crippen LogP contribution in [0, 0.1) is 0 Å². The summed E-state index contributed by atoms with van der Waals surface area (Å²) in [5.74, 6) is 0.352. The lowest BCUT2D eigenvalue weighted by Crippen LogP contribution is -2.17. The van der Waals surface area contributed by atoms with Crippen molar-refractivity contribution in [2.75, 3.05) is 10.6 Å². The number of halogens is 1. The molecule has 27 heavy (non-hydrogen) atoms. The second kappa shape index (κ2) is 8.73. The molecule has 0 spiro atoms. The standard InChI is InChI=1S/C20H15ClN2O4/c21-17-13-16(26-19(24)22-14-7-3-1-4-8-14)11-12-18(17)27-20(25)23-15-9-5-2-6-10-15/h1-13H,(H,22,24)(H,23,25). The molecule has 2 amide bonds. The van der Waals surface area contributed by atoms with E-state index in [1.807, 2.05) is 12.1 Å². The van der Waals surface area contributed by atoms with Crippen molar-refractivity contribution in [3.63, 3.8) is 0 Å². The molecular formula is C20H15ClN2O4. The summed E-state index contributed by atoms with van der Waals surface area (Å²) in [5, 5.41) is 5.29. The number of para-hydroxylation sites is 2. The predicted molar refractivity (Wildman–Crippen MR) is 104 cm³/mol. The Kier molecular flexibility index (Phi) is 5.91. The smallest absolute Gasteiger partial charge is 0.410 e. The summed E-state index contributed by atoms with van der Waals surface area (Å²) in [4.78, 5) is 23.8. The Morgan fingerprint density at radius 1 is 0.704 bits per heavy atom. The summed E-state index contributed by atoms with van der Waals surface area (Å²) in [6, 6.07) is 22.0. The van der Waals surface area contributed by atoms with E-state index in [0.717, 1.165) is 0 Å². The maximum Gasteiger partial charge on any atom is 0.417 e. The van der Waals surface area contributed by atoms with Gasteiger partial charge in [0.05, 0.1) is 5.02 Å². The van der Waals surface area contributed by atoms with Gasteiger partial charge in [0.1, 0.15) is 5.75 Å². The molecule has 0 aliphatic rings. The van der Waals surface area contributed by atoms with E-state index < -0.39 is 12.2 Å². The van der Waals surface area contributed by atoms with E-state index in [1.54, 1.807) is 48.5 Å².